The number of thioether (sulfide) groups is 1. The molecule has 0 unspecified atom stereocenters. The summed E-state index contributed by atoms with van der Waals surface area (Å²) in [6.07, 6.45) is 32.4. The maximum Gasteiger partial charge on any atom is 0.309 e. The SMILES string of the molecule is CCCOC(=O)CC=CCCCCCCCCCCN(CCCCCCCCCCC=CCC(=O)OCCC)C(=O)CSCCN(C)C. The fourth-order valence-electron chi connectivity index (χ4n) is 5.25. The fourth-order valence-corrected chi connectivity index (χ4v) is 6.25. The molecule has 0 aromatic carbocycles. The second-order valence-electron chi connectivity index (χ2n) is 13.3. The molecule has 0 aliphatic carbocycles. The third kappa shape index (κ3) is 34.1. The molecule has 0 aromatic heterocycles. The number of nitrogens with zero attached hydrogens (tertiary/aromatic N) is 2. The number of esters is 2. The fraction of sp³-hybridized carbons (Fsp3) is 0.825. The second-order valence-corrected chi connectivity index (χ2v) is 14.4. The lowest BCUT2D eigenvalue weighted by molar-refractivity contribution is -0.143. The average Bonchev–Trinajstić information content (AvgIpc) is 3.07. The van der Waals surface area contributed by atoms with E-state index in [2.05, 4.69) is 36.0 Å². The zero-order chi connectivity index (χ0) is 35.3. The summed E-state index contributed by atoms with van der Waals surface area (Å²) >= 11 is 1.77. The summed E-state index contributed by atoms with van der Waals surface area (Å²) in [7, 11) is 4.16. The quantitative estimate of drug-likeness (QED) is 0.0371. The minimum absolute atomic E-state index is 0.126. The van der Waals surface area contributed by atoms with Gasteiger partial charge in [0.15, 0.2) is 0 Å². The van der Waals surface area contributed by atoms with Gasteiger partial charge < -0.3 is 19.3 Å². The van der Waals surface area contributed by atoms with Crippen molar-refractivity contribution in [3.8, 4) is 0 Å². The van der Waals surface area contributed by atoms with Gasteiger partial charge >= 0.3 is 11.9 Å². The van der Waals surface area contributed by atoms with Crippen LogP contribution in [0.1, 0.15) is 155 Å². The van der Waals surface area contributed by atoms with E-state index < -0.39 is 0 Å². The van der Waals surface area contributed by atoms with E-state index in [1.54, 1.807) is 11.8 Å². The van der Waals surface area contributed by atoms with Gasteiger partial charge in [-0.15, -0.1) is 0 Å². The Morgan fingerprint density at radius 3 is 1.33 bits per heavy atom. The third-order valence-corrected chi connectivity index (χ3v) is 9.12. The van der Waals surface area contributed by atoms with E-state index >= 15 is 0 Å². The van der Waals surface area contributed by atoms with Gasteiger partial charge in [-0.1, -0.05) is 115 Å². The van der Waals surface area contributed by atoms with Crippen molar-refractivity contribution in [2.75, 3.05) is 58.4 Å². The molecule has 0 N–H and O–H groups in total. The van der Waals surface area contributed by atoms with E-state index in [1.165, 1.54) is 89.9 Å². The number of hydrogen-bond donors (Lipinski definition) is 0. The van der Waals surface area contributed by atoms with Gasteiger partial charge in [-0.25, -0.2) is 0 Å². The molecule has 0 fully saturated rings. The van der Waals surface area contributed by atoms with Gasteiger partial charge in [0, 0.05) is 25.4 Å². The van der Waals surface area contributed by atoms with Crippen molar-refractivity contribution < 1.29 is 23.9 Å². The van der Waals surface area contributed by atoms with Gasteiger partial charge in [-0.05, 0) is 65.5 Å². The lowest BCUT2D eigenvalue weighted by atomic mass is 10.1. The summed E-state index contributed by atoms with van der Waals surface area (Å²) in [6, 6.07) is 0. The maximum atomic E-state index is 13.0. The molecule has 0 radical (unpaired) electrons. The molecule has 0 saturated heterocycles. The van der Waals surface area contributed by atoms with Crippen molar-refractivity contribution >= 4 is 29.6 Å². The third-order valence-electron chi connectivity index (χ3n) is 8.20. The Kier molecular flexibility index (Phi) is 35.1. The Bertz CT molecular complexity index is 765. The van der Waals surface area contributed by atoms with Crippen molar-refractivity contribution in [3.63, 3.8) is 0 Å². The number of carbonyl (C=O) groups is 3. The normalized spacial score (nSPS) is 11.6. The first kappa shape index (κ1) is 46.2. The van der Waals surface area contributed by atoms with Crippen LogP contribution >= 0.6 is 11.8 Å². The molecule has 0 rings (SSSR count). The number of hydrogen-bond acceptors (Lipinski definition) is 7. The molecule has 0 aliphatic heterocycles. The van der Waals surface area contributed by atoms with Crippen LogP contribution in [0.25, 0.3) is 0 Å². The van der Waals surface area contributed by atoms with Crippen LogP contribution in [0.2, 0.25) is 0 Å². The van der Waals surface area contributed by atoms with E-state index in [4.69, 9.17) is 9.47 Å². The van der Waals surface area contributed by atoms with Gasteiger partial charge in [0.2, 0.25) is 5.91 Å². The lowest BCUT2D eigenvalue weighted by Crippen LogP contribution is -2.34. The van der Waals surface area contributed by atoms with Crippen LogP contribution in [0, 0.1) is 0 Å². The van der Waals surface area contributed by atoms with Crippen LogP contribution < -0.4 is 0 Å². The zero-order valence-electron chi connectivity index (χ0n) is 31.7. The first-order valence-electron chi connectivity index (χ1n) is 19.5. The monoisotopic (exact) mass is 695 g/mol. The summed E-state index contributed by atoms with van der Waals surface area (Å²) in [6.45, 7) is 7.86. The summed E-state index contributed by atoms with van der Waals surface area (Å²) in [5.74, 6) is 1.67. The predicted molar refractivity (Wildman–Crippen MR) is 206 cm³/mol. The Balaban J connectivity index is 4.01. The number of allylic oxidation sites excluding steroid dienone is 2. The van der Waals surface area contributed by atoms with Crippen molar-refractivity contribution in [1.29, 1.82) is 0 Å². The minimum atomic E-state index is -0.126. The minimum Gasteiger partial charge on any atom is -0.465 e. The summed E-state index contributed by atoms with van der Waals surface area (Å²) < 4.78 is 10.2. The molecule has 0 saturated carbocycles. The molecule has 0 aromatic rings. The molecule has 0 atom stereocenters. The van der Waals surface area contributed by atoms with Crippen LogP contribution in [-0.4, -0.2) is 86.1 Å². The molecule has 0 spiro atoms. The molecule has 7 nitrogen and oxygen atoms in total. The summed E-state index contributed by atoms with van der Waals surface area (Å²) in [4.78, 5) is 40.3. The Morgan fingerprint density at radius 2 is 0.938 bits per heavy atom. The predicted octanol–water partition coefficient (Wildman–Crippen LogP) is 9.93. The Hall–Kier alpha value is -1.80. The van der Waals surface area contributed by atoms with Gasteiger partial charge in [0.05, 0.1) is 31.8 Å². The summed E-state index contributed by atoms with van der Waals surface area (Å²) in [5.41, 5.74) is 0. The largest absolute Gasteiger partial charge is 0.465 e. The van der Waals surface area contributed by atoms with Crippen LogP contribution in [-0.2, 0) is 23.9 Å². The number of carbonyl (C=O) groups excluding carboxylic acids is 3. The topological polar surface area (TPSA) is 76.1 Å². The molecule has 0 aliphatic rings. The summed E-state index contributed by atoms with van der Waals surface area (Å²) in [5, 5.41) is 0. The molecule has 1 amide bonds. The molecular formula is C40H74N2O5S. The maximum absolute atomic E-state index is 13.0. The number of rotatable bonds is 35. The smallest absolute Gasteiger partial charge is 0.309 e. The van der Waals surface area contributed by atoms with Gasteiger partial charge in [-0.2, -0.15) is 11.8 Å². The van der Waals surface area contributed by atoms with Crippen molar-refractivity contribution in [1.82, 2.24) is 9.80 Å². The molecule has 0 heterocycles. The highest BCUT2D eigenvalue weighted by Gasteiger charge is 2.13. The number of ether oxygens (including phenoxy) is 2. The van der Waals surface area contributed by atoms with Crippen LogP contribution in [0.5, 0.6) is 0 Å². The molecule has 48 heavy (non-hydrogen) atoms. The average molecular weight is 695 g/mol. The van der Waals surface area contributed by atoms with E-state index in [0.29, 0.717) is 37.7 Å². The van der Waals surface area contributed by atoms with Crippen LogP contribution in [0.3, 0.4) is 0 Å². The van der Waals surface area contributed by atoms with Gasteiger partial charge in [-0.3, -0.25) is 14.4 Å². The highest BCUT2D eigenvalue weighted by molar-refractivity contribution is 7.99. The second kappa shape index (κ2) is 36.5. The molecule has 0 bridgehead atoms. The van der Waals surface area contributed by atoms with Crippen molar-refractivity contribution in [2.24, 2.45) is 0 Å². The highest BCUT2D eigenvalue weighted by Crippen LogP contribution is 2.14. The van der Waals surface area contributed by atoms with Crippen LogP contribution in [0.15, 0.2) is 24.3 Å². The van der Waals surface area contributed by atoms with Crippen molar-refractivity contribution in [2.45, 2.75) is 155 Å². The first-order chi connectivity index (χ1) is 23.4. The van der Waals surface area contributed by atoms with E-state index in [1.807, 2.05) is 26.0 Å². The van der Waals surface area contributed by atoms with E-state index in [0.717, 1.165) is 63.9 Å². The standard InChI is InChI=1S/C40H74N2O5S/c1-5-34-46-39(44)29-25-21-17-13-9-7-11-15-19-23-27-31-42(38(43)37-48-36-33-41(3)4)32-28-24-20-16-12-8-10-14-18-22-26-30-40(45)47-35-6-2/h21-22,25-26H,5-20,23-24,27-37H2,1-4H3. The zero-order valence-corrected chi connectivity index (χ0v) is 32.5. The highest BCUT2D eigenvalue weighted by atomic mass is 32.2. The first-order valence-corrected chi connectivity index (χ1v) is 20.7. The Labute approximate surface area is 300 Å². The van der Waals surface area contributed by atoms with Crippen LogP contribution in [0.4, 0.5) is 0 Å². The number of amides is 1. The van der Waals surface area contributed by atoms with E-state index in [-0.39, 0.29) is 11.9 Å². The van der Waals surface area contributed by atoms with Gasteiger partial charge in [0.1, 0.15) is 0 Å². The van der Waals surface area contributed by atoms with Crippen molar-refractivity contribution in [3.05, 3.63) is 24.3 Å². The number of unbranched alkanes of at least 4 members (excludes halogenated alkanes) is 16. The van der Waals surface area contributed by atoms with E-state index in [9.17, 15) is 14.4 Å². The van der Waals surface area contributed by atoms with Gasteiger partial charge in [0.25, 0.3) is 0 Å². The molecule has 280 valence electrons. The molecular weight excluding hydrogens is 621 g/mol. The lowest BCUT2D eigenvalue weighted by Gasteiger charge is -2.23. The Morgan fingerprint density at radius 1 is 0.542 bits per heavy atom. The molecule has 8 heteroatoms.